The van der Waals surface area contributed by atoms with Crippen LogP contribution >= 0.6 is 0 Å². The van der Waals surface area contributed by atoms with E-state index in [4.69, 9.17) is 9.47 Å². The van der Waals surface area contributed by atoms with E-state index >= 15 is 0 Å². The van der Waals surface area contributed by atoms with E-state index in [2.05, 4.69) is 10.2 Å². The minimum atomic E-state index is -0.715. The van der Waals surface area contributed by atoms with Crippen LogP contribution in [0.1, 0.15) is 29.9 Å². The van der Waals surface area contributed by atoms with Gasteiger partial charge in [0.1, 0.15) is 0 Å². The van der Waals surface area contributed by atoms with Crippen LogP contribution in [-0.4, -0.2) is 46.6 Å². The Balaban J connectivity index is 1.62. The number of aromatic amines is 1. The molecule has 0 unspecified atom stereocenters. The lowest BCUT2D eigenvalue weighted by atomic mass is 10.1. The number of H-pyrrole nitrogens is 1. The molecule has 1 N–H and O–H groups in total. The molecule has 10 nitrogen and oxygen atoms in total. The zero-order valence-corrected chi connectivity index (χ0v) is 21.4. The molecule has 1 aliphatic heterocycles. The number of esters is 2. The Kier molecular flexibility index (Phi) is 8.47. The molecule has 1 aromatic heterocycles. The smallest absolute Gasteiger partial charge is 0.359 e. The largest absolute Gasteiger partial charge is 0.461 e. The van der Waals surface area contributed by atoms with Crippen LogP contribution in [-0.2, 0) is 19.1 Å². The number of hydrogen-bond donors (Lipinski definition) is 1. The van der Waals surface area contributed by atoms with E-state index in [0.29, 0.717) is 11.4 Å². The molecule has 4 rings (SSSR count). The molecule has 1 aliphatic rings. The van der Waals surface area contributed by atoms with Gasteiger partial charge in [-0.25, -0.2) is 14.3 Å². The monoisotopic (exact) mass is 526 g/mol. The molecule has 39 heavy (non-hydrogen) atoms. The van der Waals surface area contributed by atoms with Gasteiger partial charge in [-0.15, -0.1) is 0 Å². The normalized spacial score (nSPS) is 14.4. The maximum atomic E-state index is 13.1. The first-order chi connectivity index (χ1) is 19.0. The summed E-state index contributed by atoms with van der Waals surface area (Å²) in [5.41, 5.74) is 0.688. The number of para-hydroxylation sites is 2. The number of hydrazone groups is 1. The second kappa shape index (κ2) is 12.3. The lowest BCUT2D eigenvalue weighted by molar-refractivity contribution is -0.135. The number of allylic oxidation sites excluding steroid dienone is 4. The fraction of sp³-hybridized carbons (Fsp3) is 0.138. The first-order valence-corrected chi connectivity index (χ1v) is 12.2. The molecule has 0 aliphatic carbocycles. The molecule has 0 fully saturated rings. The number of hydrogen-bond acceptors (Lipinski definition) is 7. The van der Waals surface area contributed by atoms with E-state index in [1.54, 1.807) is 74.5 Å². The molecule has 0 bridgehead atoms. The van der Waals surface area contributed by atoms with Gasteiger partial charge in [-0.1, -0.05) is 54.6 Å². The van der Waals surface area contributed by atoms with Gasteiger partial charge in [-0.05, 0) is 50.3 Å². The fourth-order valence-electron chi connectivity index (χ4n) is 3.75. The molecule has 2 heterocycles. The zero-order chi connectivity index (χ0) is 27.8. The van der Waals surface area contributed by atoms with Crippen molar-refractivity contribution >= 4 is 35.3 Å². The van der Waals surface area contributed by atoms with Gasteiger partial charge < -0.3 is 9.47 Å². The van der Waals surface area contributed by atoms with Crippen LogP contribution in [0.5, 0.6) is 0 Å². The number of amides is 1. The number of carbonyl (C=O) groups excluding carboxylic acids is 3. The van der Waals surface area contributed by atoms with Gasteiger partial charge in [-0.2, -0.15) is 10.1 Å². The van der Waals surface area contributed by atoms with Gasteiger partial charge in [0.25, 0.3) is 11.5 Å². The highest BCUT2D eigenvalue weighted by Gasteiger charge is 2.35. The van der Waals surface area contributed by atoms with Gasteiger partial charge in [-0.3, -0.25) is 14.7 Å². The topological polar surface area (TPSA) is 123 Å². The van der Waals surface area contributed by atoms with Crippen molar-refractivity contribution in [1.29, 1.82) is 0 Å². The van der Waals surface area contributed by atoms with Crippen LogP contribution in [0.4, 0.5) is 5.69 Å². The van der Waals surface area contributed by atoms with Crippen molar-refractivity contribution in [1.82, 2.24) is 9.78 Å². The molecule has 3 aromatic rings. The van der Waals surface area contributed by atoms with Gasteiger partial charge in [0.2, 0.25) is 0 Å². The van der Waals surface area contributed by atoms with Crippen molar-refractivity contribution in [2.75, 3.05) is 18.2 Å². The van der Waals surface area contributed by atoms with E-state index in [-0.39, 0.29) is 35.8 Å². The summed E-state index contributed by atoms with van der Waals surface area (Å²) >= 11 is 0. The Morgan fingerprint density at radius 2 is 1.46 bits per heavy atom. The number of nitrogens with zero attached hydrogens (tertiary/aromatic N) is 3. The minimum absolute atomic E-state index is 0.00918. The molecule has 0 saturated carbocycles. The quantitative estimate of drug-likeness (QED) is 0.257. The van der Waals surface area contributed by atoms with E-state index in [1.807, 2.05) is 6.07 Å². The third-order valence-electron chi connectivity index (χ3n) is 5.52. The number of nitrogens with one attached hydrogen (secondary N) is 1. The second-order valence-electron chi connectivity index (χ2n) is 8.04. The summed E-state index contributed by atoms with van der Waals surface area (Å²) in [4.78, 5) is 51.1. The molecule has 0 spiro atoms. The van der Waals surface area contributed by atoms with Crippen molar-refractivity contribution in [3.8, 4) is 5.69 Å². The second-order valence-corrected chi connectivity index (χ2v) is 8.04. The number of aromatic nitrogens is 2. The third-order valence-corrected chi connectivity index (χ3v) is 5.52. The van der Waals surface area contributed by atoms with Crippen LogP contribution in [0.15, 0.2) is 100 Å². The molecule has 0 saturated heterocycles. The predicted molar refractivity (Wildman–Crippen MR) is 147 cm³/mol. The Hall–Kier alpha value is -5.25. The van der Waals surface area contributed by atoms with Crippen LogP contribution in [0.25, 0.3) is 11.8 Å². The first kappa shape index (κ1) is 26.8. The third kappa shape index (κ3) is 5.85. The van der Waals surface area contributed by atoms with E-state index < -0.39 is 23.4 Å². The summed E-state index contributed by atoms with van der Waals surface area (Å²) in [5, 5.41) is 8.14. The lowest BCUT2D eigenvalue weighted by Gasteiger charge is -2.10. The summed E-state index contributed by atoms with van der Waals surface area (Å²) in [6.45, 7) is 3.61. The van der Waals surface area contributed by atoms with Crippen molar-refractivity contribution in [2.45, 2.75) is 13.8 Å². The summed E-state index contributed by atoms with van der Waals surface area (Å²) < 4.78 is 11.4. The van der Waals surface area contributed by atoms with Gasteiger partial charge >= 0.3 is 11.9 Å². The Bertz CT molecular complexity index is 1550. The molecule has 198 valence electrons. The Labute approximate surface area is 224 Å². The van der Waals surface area contributed by atoms with Gasteiger partial charge in [0, 0.05) is 0 Å². The fourth-order valence-corrected chi connectivity index (χ4v) is 3.75. The number of anilines is 1. The standard InChI is InChI=1S/C29H26N4O6/c1-3-38-28(36)24-22(26(34)32(30-24)20-14-8-5-9-15-20)18-12-7-13-19-23-25(29(37)39-4-2)31-33(27(23)35)21-16-10-6-11-17-21/h5-19,30H,3-4H2,1-2H3/b13-7+,18-12+,23-19+. The van der Waals surface area contributed by atoms with Gasteiger partial charge in [0.15, 0.2) is 11.4 Å². The zero-order valence-electron chi connectivity index (χ0n) is 21.4. The summed E-state index contributed by atoms with van der Waals surface area (Å²) in [6.07, 6.45) is 7.53. The van der Waals surface area contributed by atoms with Gasteiger partial charge in [0.05, 0.1) is 35.7 Å². The molecule has 0 radical (unpaired) electrons. The maximum absolute atomic E-state index is 13.1. The number of rotatable bonds is 9. The van der Waals surface area contributed by atoms with Crippen LogP contribution in [0, 0.1) is 0 Å². The molecule has 10 heteroatoms. The maximum Gasteiger partial charge on any atom is 0.359 e. The van der Waals surface area contributed by atoms with E-state index in [1.165, 1.54) is 29.0 Å². The van der Waals surface area contributed by atoms with Crippen LogP contribution in [0.3, 0.4) is 0 Å². The van der Waals surface area contributed by atoms with Crippen LogP contribution < -0.4 is 10.6 Å². The average molecular weight is 527 g/mol. The average Bonchev–Trinajstić information content (AvgIpc) is 3.46. The van der Waals surface area contributed by atoms with Crippen molar-refractivity contribution in [2.24, 2.45) is 5.10 Å². The molecule has 1 amide bonds. The van der Waals surface area contributed by atoms with Crippen molar-refractivity contribution < 1.29 is 23.9 Å². The summed E-state index contributed by atoms with van der Waals surface area (Å²) in [7, 11) is 0. The van der Waals surface area contributed by atoms with E-state index in [9.17, 15) is 19.2 Å². The SMILES string of the molecule is CCOC(=O)C1=NN(c2ccccc2)C(=O)/C1=C/C=C/C=C/c1c(C(=O)OCC)[nH]n(-c2ccccc2)c1=O. The number of carbonyl (C=O) groups is 3. The minimum Gasteiger partial charge on any atom is -0.461 e. The molecular formula is C29H26N4O6. The Morgan fingerprint density at radius 1 is 0.846 bits per heavy atom. The number of benzene rings is 2. The first-order valence-electron chi connectivity index (χ1n) is 12.2. The van der Waals surface area contributed by atoms with Crippen molar-refractivity contribution in [3.05, 3.63) is 112 Å². The predicted octanol–water partition coefficient (Wildman–Crippen LogP) is 3.80. The highest BCUT2D eigenvalue weighted by molar-refractivity contribution is 6.53. The Morgan fingerprint density at radius 3 is 2.10 bits per heavy atom. The molecule has 0 atom stereocenters. The van der Waals surface area contributed by atoms with E-state index in [0.717, 1.165) is 5.01 Å². The van der Waals surface area contributed by atoms with Crippen LogP contribution in [0.2, 0.25) is 0 Å². The van der Waals surface area contributed by atoms with Crippen molar-refractivity contribution in [3.63, 3.8) is 0 Å². The highest BCUT2D eigenvalue weighted by Crippen LogP contribution is 2.24. The highest BCUT2D eigenvalue weighted by atomic mass is 16.5. The number of ether oxygens (including phenoxy) is 2. The molecular weight excluding hydrogens is 500 g/mol. The summed E-state index contributed by atoms with van der Waals surface area (Å²) in [6, 6.07) is 17.5. The molecule has 2 aromatic carbocycles. The summed E-state index contributed by atoms with van der Waals surface area (Å²) in [5.74, 6) is -1.87. The lowest BCUT2D eigenvalue weighted by Crippen LogP contribution is -2.22.